The molecule has 0 aliphatic heterocycles. The second-order valence-corrected chi connectivity index (χ2v) is 10.1. The van der Waals surface area contributed by atoms with Crippen molar-refractivity contribution in [3.05, 3.63) is 126 Å². The number of hydrogen-bond acceptors (Lipinski definition) is 4. The third kappa shape index (κ3) is 6.12. The van der Waals surface area contributed by atoms with Crippen molar-refractivity contribution in [2.75, 3.05) is 18.0 Å². The standard InChI is InChI=1S/C29H28N2O4S/c1-35-27-17-19-28(20-18-27)36(33,34)31(26-15-9-4-10-16-26)23-29(32)30(21-24-11-5-2-6-12-24)22-25-13-7-3-8-14-25/h2-20H,21-23H2,1H3. The Kier molecular flexibility index (Phi) is 8.02. The first kappa shape index (κ1) is 25.0. The number of hydrogen-bond donors (Lipinski definition) is 0. The fourth-order valence-corrected chi connectivity index (χ4v) is 5.26. The molecule has 4 rings (SSSR count). The van der Waals surface area contributed by atoms with Crippen molar-refractivity contribution < 1.29 is 17.9 Å². The molecule has 0 saturated heterocycles. The van der Waals surface area contributed by atoms with Crippen LogP contribution in [0, 0.1) is 0 Å². The van der Waals surface area contributed by atoms with E-state index >= 15 is 0 Å². The molecule has 0 bridgehead atoms. The molecular weight excluding hydrogens is 472 g/mol. The molecule has 36 heavy (non-hydrogen) atoms. The molecule has 0 spiro atoms. The topological polar surface area (TPSA) is 66.9 Å². The number of rotatable bonds is 10. The van der Waals surface area contributed by atoms with Gasteiger partial charge >= 0.3 is 0 Å². The molecule has 0 N–H and O–H groups in total. The van der Waals surface area contributed by atoms with Crippen LogP contribution in [0.25, 0.3) is 0 Å². The van der Waals surface area contributed by atoms with Crippen molar-refractivity contribution in [1.29, 1.82) is 0 Å². The van der Waals surface area contributed by atoms with Gasteiger partial charge in [0.25, 0.3) is 10.0 Å². The highest BCUT2D eigenvalue weighted by atomic mass is 32.2. The van der Waals surface area contributed by atoms with Gasteiger partial charge in [-0.15, -0.1) is 0 Å². The van der Waals surface area contributed by atoms with Crippen molar-refractivity contribution in [1.82, 2.24) is 4.90 Å². The van der Waals surface area contributed by atoms with Crippen molar-refractivity contribution in [3.8, 4) is 5.75 Å². The fourth-order valence-electron chi connectivity index (χ4n) is 3.85. The molecule has 0 radical (unpaired) electrons. The van der Waals surface area contributed by atoms with Gasteiger partial charge in [-0.25, -0.2) is 8.42 Å². The summed E-state index contributed by atoms with van der Waals surface area (Å²) in [6, 6.07) is 34.2. The van der Waals surface area contributed by atoms with Gasteiger partial charge < -0.3 is 9.64 Å². The predicted molar refractivity (Wildman–Crippen MR) is 141 cm³/mol. The number of methoxy groups -OCH3 is 1. The highest BCUT2D eigenvalue weighted by Gasteiger charge is 2.29. The van der Waals surface area contributed by atoms with Crippen molar-refractivity contribution in [2.45, 2.75) is 18.0 Å². The molecule has 0 fully saturated rings. The van der Waals surface area contributed by atoms with Crippen LogP contribution in [0.4, 0.5) is 5.69 Å². The quantitative estimate of drug-likeness (QED) is 0.303. The van der Waals surface area contributed by atoms with E-state index in [1.165, 1.54) is 23.5 Å². The molecule has 0 atom stereocenters. The molecule has 0 saturated carbocycles. The van der Waals surface area contributed by atoms with Crippen molar-refractivity contribution in [3.63, 3.8) is 0 Å². The molecule has 0 aromatic heterocycles. The number of carbonyl (C=O) groups excluding carboxylic acids is 1. The molecule has 4 aromatic carbocycles. The van der Waals surface area contributed by atoms with Gasteiger partial charge in [-0.2, -0.15) is 0 Å². The molecule has 7 heteroatoms. The van der Waals surface area contributed by atoms with Crippen LogP contribution < -0.4 is 9.04 Å². The molecule has 4 aromatic rings. The maximum atomic E-state index is 13.7. The maximum Gasteiger partial charge on any atom is 0.264 e. The van der Waals surface area contributed by atoms with Gasteiger partial charge in [-0.1, -0.05) is 78.9 Å². The lowest BCUT2D eigenvalue weighted by atomic mass is 10.1. The number of anilines is 1. The van der Waals surface area contributed by atoms with E-state index in [0.29, 0.717) is 24.5 Å². The summed E-state index contributed by atoms with van der Waals surface area (Å²) < 4.78 is 33.8. The Morgan fingerprint density at radius 1 is 0.694 bits per heavy atom. The Balaban J connectivity index is 1.67. The average Bonchev–Trinajstić information content (AvgIpc) is 2.93. The predicted octanol–water partition coefficient (Wildman–Crippen LogP) is 5.12. The largest absolute Gasteiger partial charge is 0.497 e. The zero-order valence-electron chi connectivity index (χ0n) is 20.0. The van der Waals surface area contributed by atoms with Gasteiger partial charge in [0.1, 0.15) is 12.3 Å². The molecule has 0 unspecified atom stereocenters. The Morgan fingerprint density at radius 2 is 1.17 bits per heavy atom. The van der Waals surface area contributed by atoms with E-state index in [1.54, 1.807) is 47.4 Å². The van der Waals surface area contributed by atoms with Gasteiger partial charge in [-0.3, -0.25) is 9.10 Å². The molecule has 184 valence electrons. The monoisotopic (exact) mass is 500 g/mol. The Labute approximate surface area is 212 Å². The summed E-state index contributed by atoms with van der Waals surface area (Å²) in [6.07, 6.45) is 0. The third-order valence-electron chi connectivity index (χ3n) is 5.76. The Morgan fingerprint density at radius 3 is 1.64 bits per heavy atom. The zero-order valence-corrected chi connectivity index (χ0v) is 20.8. The summed E-state index contributed by atoms with van der Waals surface area (Å²) in [7, 11) is -2.50. The summed E-state index contributed by atoms with van der Waals surface area (Å²) in [6.45, 7) is 0.387. The van der Waals surface area contributed by atoms with Crippen LogP contribution in [0.2, 0.25) is 0 Å². The molecule has 0 aliphatic carbocycles. The molecular formula is C29H28N2O4S. The van der Waals surface area contributed by atoms with E-state index in [4.69, 9.17) is 4.74 Å². The second-order valence-electron chi connectivity index (χ2n) is 8.24. The average molecular weight is 501 g/mol. The molecule has 1 amide bonds. The van der Waals surface area contributed by atoms with Crippen LogP contribution in [0.3, 0.4) is 0 Å². The van der Waals surface area contributed by atoms with E-state index in [2.05, 4.69) is 0 Å². The van der Waals surface area contributed by atoms with Crippen LogP contribution in [0.1, 0.15) is 11.1 Å². The van der Waals surface area contributed by atoms with E-state index in [-0.39, 0.29) is 17.3 Å². The van der Waals surface area contributed by atoms with E-state index in [0.717, 1.165) is 11.1 Å². The first-order chi connectivity index (χ1) is 17.5. The number of amides is 1. The van der Waals surface area contributed by atoms with Crippen LogP contribution in [-0.2, 0) is 27.9 Å². The SMILES string of the molecule is COc1ccc(S(=O)(=O)N(CC(=O)N(Cc2ccccc2)Cc2ccccc2)c2ccccc2)cc1. The number of nitrogens with zero attached hydrogens (tertiary/aromatic N) is 2. The van der Waals surface area contributed by atoms with E-state index in [1.807, 2.05) is 60.7 Å². The Hall–Kier alpha value is -4.10. The summed E-state index contributed by atoms with van der Waals surface area (Å²) in [5, 5.41) is 0. The highest BCUT2D eigenvalue weighted by molar-refractivity contribution is 7.92. The zero-order chi connectivity index (χ0) is 25.4. The normalized spacial score (nSPS) is 11.0. The Bertz CT molecular complexity index is 1320. The smallest absolute Gasteiger partial charge is 0.264 e. The molecule has 0 aliphatic rings. The number of sulfonamides is 1. The lowest BCUT2D eigenvalue weighted by Gasteiger charge is -2.29. The van der Waals surface area contributed by atoms with E-state index in [9.17, 15) is 13.2 Å². The number of ether oxygens (including phenoxy) is 1. The second kappa shape index (κ2) is 11.6. The first-order valence-corrected chi connectivity index (χ1v) is 13.0. The van der Waals surface area contributed by atoms with E-state index < -0.39 is 10.0 Å². The van der Waals surface area contributed by atoms with Gasteiger partial charge in [0, 0.05) is 13.1 Å². The maximum absolute atomic E-state index is 13.7. The van der Waals surface area contributed by atoms with Gasteiger partial charge in [-0.05, 0) is 47.5 Å². The summed E-state index contributed by atoms with van der Waals surface area (Å²) in [5.74, 6) is 0.247. The van der Waals surface area contributed by atoms with Crippen molar-refractivity contribution >= 4 is 21.6 Å². The summed E-state index contributed by atoms with van der Waals surface area (Å²) in [4.78, 5) is 15.5. The highest BCUT2D eigenvalue weighted by Crippen LogP contribution is 2.25. The van der Waals surface area contributed by atoms with Crippen LogP contribution in [-0.4, -0.2) is 32.9 Å². The molecule has 6 nitrogen and oxygen atoms in total. The summed E-state index contributed by atoms with van der Waals surface area (Å²) in [5.41, 5.74) is 2.35. The third-order valence-corrected chi connectivity index (χ3v) is 7.54. The number of carbonyl (C=O) groups is 1. The van der Waals surface area contributed by atoms with Gasteiger partial charge in [0.2, 0.25) is 5.91 Å². The number of benzene rings is 4. The lowest BCUT2D eigenvalue weighted by molar-refractivity contribution is -0.130. The van der Waals surface area contributed by atoms with Crippen LogP contribution in [0.15, 0.2) is 120 Å². The number of para-hydroxylation sites is 1. The van der Waals surface area contributed by atoms with Gasteiger partial charge in [0.15, 0.2) is 0 Å². The molecule has 0 heterocycles. The lowest BCUT2D eigenvalue weighted by Crippen LogP contribution is -2.42. The van der Waals surface area contributed by atoms with Crippen LogP contribution >= 0.6 is 0 Å². The van der Waals surface area contributed by atoms with Crippen LogP contribution in [0.5, 0.6) is 5.75 Å². The van der Waals surface area contributed by atoms with Gasteiger partial charge in [0.05, 0.1) is 17.7 Å². The minimum Gasteiger partial charge on any atom is -0.497 e. The fraction of sp³-hybridized carbons (Fsp3) is 0.138. The minimum atomic E-state index is -4.02. The minimum absolute atomic E-state index is 0.0811. The van der Waals surface area contributed by atoms with Crippen molar-refractivity contribution in [2.24, 2.45) is 0 Å². The summed E-state index contributed by atoms with van der Waals surface area (Å²) >= 11 is 0. The first-order valence-electron chi connectivity index (χ1n) is 11.5.